The van der Waals surface area contributed by atoms with Crippen molar-refractivity contribution in [3.8, 4) is 0 Å². The summed E-state index contributed by atoms with van der Waals surface area (Å²) in [5.74, 6) is -1.23. The summed E-state index contributed by atoms with van der Waals surface area (Å²) in [6.45, 7) is 2.29. The zero-order valence-electron chi connectivity index (χ0n) is 10.0. The number of nitrogens with zero attached hydrogens (tertiary/aromatic N) is 1. The molecule has 1 aliphatic rings. The van der Waals surface area contributed by atoms with Crippen molar-refractivity contribution in [3.63, 3.8) is 0 Å². The lowest BCUT2D eigenvalue weighted by Gasteiger charge is -2.35. The predicted molar refractivity (Wildman–Crippen MR) is 62.4 cm³/mol. The second-order valence-electron chi connectivity index (χ2n) is 4.20. The van der Waals surface area contributed by atoms with E-state index in [-0.39, 0.29) is 18.7 Å². The van der Waals surface area contributed by atoms with Crippen LogP contribution in [-0.2, 0) is 9.59 Å². The van der Waals surface area contributed by atoms with Crippen molar-refractivity contribution in [1.29, 1.82) is 0 Å². The number of piperidine rings is 1. The molecule has 1 heterocycles. The number of hydrogen-bond donors (Lipinski definition) is 2. The first-order valence-electron chi connectivity index (χ1n) is 5.91. The lowest BCUT2D eigenvalue weighted by atomic mass is 9.99. The molecule has 1 rings (SSSR count). The van der Waals surface area contributed by atoms with Crippen LogP contribution >= 0.6 is 0 Å². The minimum absolute atomic E-state index is 0.124. The number of amides is 1. The van der Waals surface area contributed by atoms with Crippen LogP contribution in [-0.4, -0.2) is 45.7 Å². The number of likely N-dealkylation sites (tertiary alicyclic amines) is 1. The molecule has 1 aliphatic heterocycles. The summed E-state index contributed by atoms with van der Waals surface area (Å²) in [7, 11) is 0. The van der Waals surface area contributed by atoms with Crippen LogP contribution < -0.4 is 0 Å². The smallest absolute Gasteiger partial charge is 0.326 e. The summed E-state index contributed by atoms with van der Waals surface area (Å²) < 4.78 is 0. The van der Waals surface area contributed by atoms with Crippen molar-refractivity contribution in [2.75, 3.05) is 6.54 Å². The van der Waals surface area contributed by atoms with E-state index in [1.807, 2.05) is 13.0 Å². The fourth-order valence-electron chi connectivity index (χ4n) is 1.95. The van der Waals surface area contributed by atoms with Crippen LogP contribution in [0, 0.1) is 0 Å². The maximum absolute atomic E-state index is 11.8. The van der Waals surface area contributed by atoms with Crippen molar-refractivity contribution >= 4 is 11.9 Å². The molecule has 1 amide bonds. The highest BCUT2D eigenvalue weighted by Gasteiger charge is 2.34. The van der Waals surface area contributed by atoms with E-state index in [0.29, 0.717) is 13.0 Å². The summed E-state index contributed by atoms with van der Waals surface area (Å²) in [6, 6.07) is -0.888. The number of carboxylic acids is 1. The minimum atomic E-state index is -1.04. The zero-order chi connectivity index (χ0) is 12.8. The molecule has 0 aromatic heterocycles. The molecule has 1 saturated heterocycles. The topological polar surface area (TPSA) is 77.8 Å². The average Bonchev–Trinajstić information content (AvgIpc) is 2.29. The molecule has 5 heteroatoms. The summed E-state index contributed by atoms with van der Waals surface area (Å²) in [6.07, 6.45) is 4.68. The third-order valence-corrected chi connectivity index (χ3v) is 2.88. The van der Waals surface area contributed by atoms with Crippen molar-refractivity contribution in [2.24, 2.45) is 0 Å². The van der Waals surface area contributed by atoms with Gasteiger partial charge in [0.1, 0.15) is 6.04 Å². The van der Waals surface area contributed by atoms with E-state index < -0.39 is 18.1 Å². The van der Waals surface area contributed by atoms with Crippen LogP contribution in [0.5, 0.6) is 0 Å². The minimum Gasteiger partial charge on any atom is -0.480 e. The van der Waals surface area contributed by atoms with Crippen molar-refractivity contribution in [3.05, 3.63) is 12.2 Å². The second kappa shape index (κ2) is 6.39. The number of aliphatic carboxylic acids is 1. The van der Waals surface area contributed by atoms with Crippen LogP contribution in [0.3, 0.4) is 0 Å². The molecule has 0 aliphatic carbocycles. The maximum atomic E-state index is 11.8. The van der Waals surface area contributed by atoms with E-state index in [4.69, 9.17) is 5.11 Å². The molecule has 0 saturated carbocycles. The Kier molecular flexibility index (Phi) is 5.15. The monoisotopic (exact) mass is 241 g/mol. The van der Waals surface area contributed by atoms with Gasteiger partial charge in [-0.1, -0.05) is 19.1 Å². The Labute approximate surface area is 101 Å². The largest absolute Gasteiger partial charge is 0.480 e. The molecule has 96 valence electrons. The number of aliphatic hydroxyl groups excluding tert-OH is 1. The number of rotatable bonds is 4. The molecule has 0 aromatic carbocycles. The third-order valence-electron chi connectivity index (χ3n) is 2.88. The van der Waals surface area contributed by atoms with Crippen LogP contribution in [0.4, 0.5) is 0 Å². The molecule has 0 bridgehead atoms. The predicted octanol–water partition coefficient (Wildman–Crippen LogP) is 0.779. The molecule has 0 unspecified atom stereocenters. The van der Waals surface area contributed by atoms with Gasteiger partial charge in [0.15, 0.2) is 0 Å². The van der Waals surface area contributed by atoms with E-state index >= 15 is 0 Å². The molecule has 0 aromatic rings. The van der Waals surface area contributed by atoms with E-state index in [1.165, 1.54) is 4.90 Å². The first-order chi connectivity index (χ1) is 8.06. The second-order valence-corrected chi connectivity index (χ2v) is 4.20. The van der Waals surface area contributed by atoms with Crippen LogP contribution in [0.15, 0.2) is 12.2 Å². The van der Waals surface area contributed by atoms with E-state index in [9.17, 15) is 14.7 Å². The van der Waals surface area contributed by atoms with E-state index in [2.05, 4.69) is 0 Å². The van der Waals surface area contributed by atoms with Gasteiger partial charge in [-0.05, 0) is 12.8 Å². The van der Waals surface area contributed by atoms with Crippen LogP contribution in [0.1, 0.15) is 32.6 Å². The highest BCUT2D eigenvalue weighted by molar-refractivity contribution is 5.84. The first-order valence-corrected chi connectivity index (χ1v) is 5.91. The van der Waals surface area contributed by atoms with Gasteiger partial charge < -0.3 is 15.1 Å². The van der Waals surface area contributed by atoms with Crippen LogP contribution in [0.25, 0.3) is 0 Å². The summed E-state index contributed by atoms with van der Waals surface area (Å²) in [5.41, 5.74) is 0. The number of carbonyl (C=O) groups is 2. The van der Waals surface area contributed by atoms with Crippen LogP contribution in [0.2, 0.25) is 0 Å². The fraction of sp³-hybridized carbons (Fsp3) is 0.667. The van der Waals surface area contributed by atoms with Crippen molar-refractivity contribution in [2.45, 2.75) is 44.8 Å². The van der Waals surface area contributed by atoms with E-state index in [1.54, 1.807) is 6.08 Å². The Morgan fingerprint density at radius 3 is 2.71 bits per heavy atom. The first kappa shape index (κ1) is 13.7. The summed E-state index contributed by atoms with van der Waals surface area (Å²) in [4.78, 5) is 24.2. The summed E-state index contributed by atoms with van der Waals surface area (Å²) in [5, 5.41) is 18.5. The molecule has 1 fully saturated rings. The Bertz CT molecular complexity index is 314. The molecule has 0 radical (unpaired) electrons. The van der Waals surface area contributed by atoms with Gasteiger partial charge in [-0.2, -0.15) is 0 Å². The molecule has 0 spiro atoms. The highest BCUT2D eigenvalue weighted by atomic mass is 16.4. The maximum Gasteiger partial charge on any atom is 0.326 e. The standard InChI is InChI=1S/C12H19NO4/c1-2-3-4-5-11(15)13-7-6-9(14)8-10(13)12(16)17/h3-4,9-10,14H,2,5-8H2,1H3,(H,16,17)/b4-3+/t9-,10+/m1/s1. The Morgan fingerprint density at radius 2 is 2.12 bits per heavy atom. The Balaban J connectivity index is 2.63. The quantitative estimate of drug-likeness (QED) is 0.713. The average molecular weight is 241 g/mol. The van der Waals surface area contributed by atoms with Gasteiger partial charge in [0.2, 0.25) is 5.91 Å². The SMILES string of the molecule is CC/C=C/CC(=O)N1CC[C@@H](O)C[C@H]1C(=O)O. The fourth-order valence-corrected chi connectivity index (χ4v) is 1.95. The third kappa shape index (κ3) is 3.85. The molecule has 5 nitrogen and oxygen atoms in total. The van der Waals surface area contributed by atoms with Gasteiger partial charge in [-0.25, -0.2) is 4.79 Å². The summed E-state index contributed by atoms with van der Waals surface area (Å²) >= 11 is 0. The van der Waals surface area contributed by atoms with Gasteiger partial charge in [0.25, 0.3) is 0 Å². The van der Waals surface area contributed by atoms with E-state index in [0.717, 1.165) is 6.42 Å². The number of aliphatic hydroxyl groups is 1. The lowest BCUT2D eigenvalue weighted by molar-refractivity contribution is -0.154. The molecular formula is C12H19NO4. The number of carboxylic acid groups (broad SMARTS) is 1. The van der Waals surface area contributed by atoms with Crippen molar-refractivity contribution < 1.29 is 19.8 Å². The van der Waals surface area contributed by atoms with Gasteiger partial charge in [0.05, 0.1) is 6.10 Å². The zero-order valence-corrected chi connectivity index (χ0v) is 10.0. The van der Waals surface area contributed by atoms with Gasteiger partial charge >= 0.3 is 5.97 Å². The number of allylic oxidation sites excluding steroid dienone is 1. The number of hydrogen-bond acceptors (Lipinski definition) is 3. The Hall–Kier alpha value is -1.36. The lowest BCUT2D eigenvalue weighted by Crippen LogP contribution is -2.51. The Morgan fingerprint density at radius 1 is 1.41 bits per heavy atom. The molecule has 17 heavy (non-hydrogen) atoms. The normalized spacial score (nSPS) is 25.2. The molecule has 2 atom stereocenters. The highest BCUT2D eigenvalue weighted by Crippen LogP contribution is 2.19. The van der Waals surface area contributed by atoms with Crippen molar-refractivity contribution in [1.82, 2.24) is 4.90 Å². The van der Waals surface area contributed by atoms with Gasteiger partial charge in [-0.15, -0.1) is 0 Å². The van der Waals surface area contributed by atoms with Gasteiger partial charge in [0, 0.05) is 19.4 Å². The number of carbonyl (C=O) groups excluding carboxylic acids is 1. The molecule has 2 N–H and O–H groups in total. The molecular weight excluding hydrogens is 222 g/mol. The van der Waals surface area contributed by atoms with Gasteiger partial charge in [-0.3, -0.25) is 4.79 Å².